The van der Waals surface area contributed by atoms with Crippen molar-refractivity contribution < 1.29 is 17.9 Å². The number of pyridine rings is 1. The Bertz CT molecular complexity index is 601. The van der Waals surface area contributed by atoms with Gasteiger partial charge >= 0.3 is 5.97 Å². The van der Waals surface area contributed by atoms with E-state index in [0.717, 1.165) is 0 Å². The van der Waals surface area contributed by atoms with Gasteiger partial charge in [0.05, 0.1) is 29.9 Å². The van der Waals surface area contributed by atoms with E-state index in [0.29, 0.717) is 18.7 Å². The molecule has 1 aromatic heterocycles. The smallest absolute Gasteiger partial charge is 0.340 e. The second-order valence-electron chi connectivity index (χ2n) is 4.68. The summed E-state index contributed by atoms with van der Waals surface area (Å²) in [4.78, 5) is 15.6. The first-order chi connectivity index (χ1) is 9.43. The van der Waals surface area contributed by atoms with Gasteiger partial charge in [-0.15, -0.1) is 0 Å². The van der Waals surface area contributed by atoms with E-state index in [2.05, 4.69) is 15.0 Å². The highest BCUT2D eigenvalue weighted by Crippen LogP contribution is 2.24. The number of hydrogen-bond acceptors (Lipinski definition) is 7. The number of nitrogens with zero attached hydrogens (tertiary/aromatic N) is 1. The Hall–Kier alpha value is -1.83. The Morgan fingerprint density at radius 2 is 2.10 bits per heavy atom. The van der Waals surface area contributed by atoms with Crippen LogP contribution in [0.25, 0.3) is 0 Å². The molecular formula is C12H17N3O4S. The van der Waals surface area contributed by atoms with Crippen molar-refractivity contribution in [2.45, 2.75) is 18.9 Å². The van der Waals surface area contributed by atoms with Crippen LogP contribution in [0.5, 0.6) is 0 Å². The Balaban J connectivity index is 2.13. The van der Waals surface area contributed by atoms with Crippen LogP contribution in [0, 0.1) is 0 Å². The fourth-order valence-electron chi connectivity index (χ4n) is 2.10. The maximum absolute atomic E-state index is 11.5. The number of carbonyl (C=O) groups is 1. The summed E-state index contributed by atoms with van der Waals surface area (Å²) >= 11 is 0. The number of ether oxygens (including phenoxy) is 1. The highest BCUT2D eigenvalue weighted by atomic mass is 32.2. The summed E-state index contributed by atoms with van der Waals surface area (Å²) in [5.41, 5.74) is 6.35. The second kappa shape index (κ2) is 5.66. The molecule has 0 aromatic carbocycles. The van der Waals surface area contributed by atoms with Crippen LogP contribution in [0.2, 0.25) is 0 Å². The van der Waals surface area contributed by atoms with E-state index in [-0.39, 0.29) is 28.8 Å². The molecule has 7 nitrogen and oxygen atoms in total. The minimum Gasteiger partial charge on any atom is -0.465 e. The number of nitrogens with two attached hydrogens (primary N) is 1. The summed E-state index contributed by atoms with van der Waals surface area (Å²) < 4.78 is 27.4. The van der Waals surface area contributed by atoms with Crippen LogP contribution in [-0.2, 0) is 14.6 Å². The van der Waals surface area contributed by atoms with Gasteiger partial charge in [0.1, 0.15) is 15.7 Å². The Kier molecular flexibility index (Phi) is 4.12. The third-order valence-electron chi connectivity index (χ3n) is 3.29. The van der Waals surface area contributed by atoms with Crippen molar-refractivity contribution in [3.8, 4) is 0 Å². The zero-order valence-electron chi connectivity index (χ0n) is 11.1. The first kappa shape index (κ1) is 14.6. The summed E-state index contributed by atoms with van der Waals surface area (Å²) in [6, 6.07) is 1.47. The second-order valence-corrected chi connectivity index (χ2v) is 6.99. The summed E-state index contributed by atoms with van der Waals surface area (Å²) in [6.07, 6.45) is 2.47. The molecule has 2 rings (SSSR count). The molecule has 0 bridgehead atoms. The van der Waals surface area contributed by atoms with Gasteiger partial charge in [0.15, 0.2) is 0 Å². The van der Waals surface area contributed by atoms with E-state index in [4.69, 9.17) is 5.73 Å². The van der Waals surface area contributed by atoms with Crippen LogP contribution in [0.1, 0.15) is 23.2 Å². The topological polar surface area (TPSA) is 111 Å². The third kappa shape index (κ3) is 3.19. The maximum atomic E-state index is 11.5. The first-order valence-corrected chi connectivity index (χ1v) is 8.05. The predicted molar refractivity (Wildman–Crippen MR) is 75.3 cm³/mol. The molecule has 0 aliphatic carbocycles. The van der Waals surface area contributed by atoms with Gasteiger partial charge < -0.3 is 15.8 Å². The molecule has 1 saturated heterocycles. The normalized spacial score (nSPS) is 18.4. The fourth-order valence-corrected chi connectivity index (χ4v) is 3.60. The summed E-state index contributed by atoms with van der Waals surface area (Å²) in [5, 5.41) is 3.10. The van der Waals surface area contributed by atoms with Crippen molar-refractivity contribution >= 4 is 27.3 Å². The molecule has 0 amide bonds. The molecule has 2 heterocycles. The molecule has 0 saturated carbocycles. The number of anilines is 2. The lowest BCUT2D eigenvalue weighted by Gasteiger charge is -2.24. The van der Waals surface area contributed by atoms with Gasteiger partial charge in [-0.25, -0.2) is 18.2 Å². The Morgan fingerprint density at radius 1 is 1.45 bits per heavy atom. The van der Waals surface area contributed by atoms with Gasteiger partial charge in [0.2, 0.25) is 0 Å². The van der Waals surface area contributed by atoms with Crippen LogP contribution < -0.4 is 11.1 Å². The monoisotopic (exact) mass is 299 g/mol. The highest BCUT2D eigenvalue weighted by molar-refractivity contribution is 7.91. The molecule has 1 aromatic rings. The lowest BCUT2D eigenvalue weighted by molar-refractivity contribution is 0.0602. The van der Waals surface area contributed by atoms with Crippen LogP contribution in [0.3, 0.4) is 0 Å². The van der Waals surface area contributed by atoms with Gasteiger partial charge in [-0.3, -0.25) is 0 Å². The molecule has 0 radical (unpaired) electrons. The summed E-state index contributed by atoms with van der Waals surface area (Å²) in [6.45, 7) is 0. The van der Waals surface area contributed by atoms with Crippen molar-refractivity contribution in [1.82, 2.24) is 4.98 Å². The number of nitrogens with one attached hydrogen (secondary N) is 1. The van der Waals surface area contributed by atoms with Gasteiger partial charge in [-0.05, 0) is 18.9 Å². The average molecular weight is 299 g/mol. The molecule has 3 N–H and O–H groups in total. The van der Waals surface area contributed by atoms with Gasteiger partial charge in [-0.1, -0.05) is 0 Å². The van der Waals surface area contributed by atoms with Gasteiger partial charge in [0, 0.05) is 12.2 Å². The van der Waals surface area contributed by atoms with E-state index in [1.807, 2.05) is 0 Å². The number of hydrogen-bond donors (Lipinski definition) is 2. The molecular weight excluding hydrogens is 282 g/mol. The molecule has 1 aliphatic rings. The Labute approximate surface area is 117 Å². The first-order valence-electron chi connectivity index (χ1n) is 6.22. The van der Waals surface area contributed by atoms with E-state index >= 15 is 0 Å². The van der Waals surface area contributed by atoms with Crippen molar-refractivity contribution in [2.24, 2.45) is 0 Å². The Morgan fingerprint density at radius 3 is 2.70 bits per heavy atom. The number of nitrogen functional groups attached to an aromatic ring is 1. The SMILES string of the molecule is COC(=O)c1ccnc(NC2CCS(=O)(=O)CC2)c1N. The summed E-state index contributed by atoms with van der Waals surface area (Å²) in [7, 11) is -1.63. The molecule has 20 heavy (non-hydrogen) atoms. The number of methoxy groups -OCH3 is 1. The van der Waals surface area contributed by atoms with Crippen molar-refractivity contribution in [3.05, 3.63) is 17.8 Å². The van der Waals surface area contributed by atoms with E-state index in [1.165, 1.54) is 19.4 Å². The standard InChI is InChI=1S/C12H17N3O4S/c1-19-12(16)9-2-5-14-11(10(9)13)15-8-3-6-20(17,18)7-4-8/h2,5,8H,3-4,6-7,13H2,1H3,(H,14,15). The third-order valence-corrected chi connectivity index (χ3v) is 5.01. The molecule has 1 aliphatic heterocycles. The van der Waals surface area contributed by atoms with Crippen molar-refractivity contribution in [3.63, 3.8) is 0 Å². The molecule has 8 heteroatoms. The van der Waals surface area contributed by atoms with Crippen molar-refractivity contribution in [1.29, 1.82) is 0 Å². The highest BCUT2D eigenvalue weighted by Gasteiger charge is 2.24. The average Bonchev–Trinajstić information content (AvgIpc) is 2.42. The molecule has 1 fully saturated rings. The fraction of sp³-hybridized carbons (Fsp3) is 0.500. The number of aromatic nitrogens is 1. The van der Waals surface area contributed by atoms with Crippen LogP contribution in [0.15, 0.2) is 12.3 Å². The van der Waals surface area contributed by atoms with Gasteiger partial charge in [0.25, 0.3) is 0 Å². The minimum absolute atomic E-state index is 0.0128. The summed E-state index contributed by atoms with van der Waals surface area (Å²) in [5.74, 6) is 0.166. The van der Waals surface area contributed by atoms with Crippen LogP contribution in [-0.4, -0.2) is 44.0 Å². The molecule has 0 spiro atoms. The van der Waals surface area contributed by atoms with Crippen LogP contribution >= 0.6 is 0 Å². The van der Waals surface area contributed by atoms with E-state index in [1.54, 1.807) is 0 Å². The molecule has 0 unspecified atom stereocenters. The number of sulfone groups is 1. The lowest BCUT2D eigenvalue weighted by atomic mass is 10.1. The minimum atomic E-state index is -2.91. The van der Waals surface area contributed by atoms with Gasteiger partial charge in [-0.2, -0.15) is 0 Å². The van der Waals surface area contributed by atoms with E-state index in [9.17, 15) is 13.2 Å². The zero-order valence-corrected chi connectivity index (χ0v) is 11.9. The molecule has 110 valence electrons. The molecule has 0 atom stereocenters. The zero-order chi connectivity index (χ0) is 14.8. The number of carbonyl (C=O) groups excluding carboxylic acids is 1. The van der Waals surface area contributed by atoms with Crippen LogP contribution in [0.4, 0.5) is 11.5 Å². The quantitative estimate of drug-likeness (QED) is 0.779. The largest absolute Gasteiger partial charge is 0.465 e. The maximum Gasteiger partial charge on any atom is 0.340 e. The van der Waals surface area contributed by atoms with Crippen molar-refractivity contribution in [2.75, 3.05) is 29.7 Å². The number of esters is 1. The van der Waals surface area contributed by atoms with E-state index < -0.39 is 15.8 Å². The lowest BCUT2D eigenvalue weighted by Crippen LogP contribution is -2.32. The number of rotatable bonds is 3. The predicted octanol–water partition coefficient (Wildman–Crippen LogP) is 0.439.